The Balaban J connectivity index is 1.77. The minimum absolute atomic E-state index is 0.600. The molecule has 1 aromatic carbocycles. The van der Waals surface area contributed by atoms with Crippen LogP contribution in [0.25, 0.3) is 11.0 Å². The highest BCUT2D eigenvalue weighted by Crippen LogP contribution is 2.22. The number of rotatable bonds is 2. The van der Waals surface area contributed by atoms with Gasteiger partial charge in [0.1, 0.15) is 11.0 Å². The summed E-state index contributed by atoms with van der Waals surface area (Å²) in [6.07, 6.45) is 2.58. The molecule has 1 aliphatic rings. The van der Waals surface area contributed by atoms with Crippen molar-refractivity contribution in [1.29, 1.82) is 0 Å². The lowest BCUT2D eigenvalue weighted by Crippen LogP contribution is -2.25. The standard InChI is InChI=1S/C11H14N4S/c1-2-9(7-16-5-1)12-8-3-4-10-11(6-8)14-15-13-10/h3-4,6,9,12H,1-2,5,7H2,(H,13,14,15). The van der Waals surface area contributed by atoms with Gasteiger partial charge in [0, 0.05) is 17.5 Å². The molecule has 0 saturated carbocycles. The average molecular weight is 234 g/mol. The molecule has 0 amide bonds. The number of hydrogen-bond donors (Lipinski definition) is 2. The first-order chi connectivity index (χ1) is 7.92. The Bertz CT molecular complexity index is 476. The van der Waals surface area contributed by atoms with Crippen molar-refractivity contribution < 1.29 is 0 Å². The topological polar surface area (TPSA) is 53.6 Å². The molecule has 0 aliphatic carbocycles. The van der Waals surface area contributed by atoms with E-state index >= 15 is 0 Å². The number of benzene rings is 1. The zero-order valence-corrected chi connectivity index (χ0v) is 9.76. The molecule has 1 saturated heterocycles. The fourth-order valence-corrected chi connectivity index (χ4v) is 3.09. The van der Waals surface area contributed by atoms with Crippen LogP contribution in [0.4, 0.5) is 5.69 Å². The number of aromatic nitrogens is 3. The van der Waals surface area contributed by atoms with Crippen LogP contribution in [0.2, 0.25) is 0 Å². The van der Waals surface area contributed by atoms with E-state index in [1.165, 1.54) is 24.3 Å². The summed E-state index contributed by atoms with van der Waals surface area (Å²) in [5, 5.41) is 14.3. The highest BCUT2D eigenvalue weighted by molar-refractivity contribution is 7.99. The minimum atomic E-state index is 0.600. The van der Waals surface area contributed by atoms with Crippen LogP contribution in [0.5, 0.6) is 0 Å². The predicted molar refractivity (Wildman–Crippen MR) is 67.9 cm³/mol. The molecule has 1 unspecified atom stereocenters. The molecule has 1 fully saturated rings. The predicted octanol–water partition coefficient (Wildman–Crippen LogP) is 2.27. The summed E-state index contributed by atoms with van der Waals surface area (Å²) < 4.78 is 0. The summed E-state index contributed by atoms with van der Waals surface area (Å²) in [7, 11) is 0. The average Bonchev–Trinajstić information content (AvgIpc) is 2.77. The SMILES string of the molecule is c1cc2n[nH]nc2cc1NC1CCCSC1. The van der Waals surface area contributed by atoms with E-state index in [4.69, 9.17) is 0 Å². The van der Waals surface area contributed by atoms with Crippen molar-refractivity contribution in [3.63, 3.8) is 0 Å². The first kappa shape index (κ1) is 9.96. The molecule has 0 spiro atoms. The van der Waals surface area contributed by atoms with Gasteiger partial charge in [-0.15, -0.1) is 0 Å². The molecule has 5 heteroatoms. The Morgan fingerprint density at radius 2 is 2.25 bits per heavy atom. The molecular weight excluding hydrogens is 220 g/mol. The van der Waals surface area contributed by atoms with E-state index in [9.17, 15) is 0 Å². The highest BCUT2D eigenvalue weighted by atomic mass is 32.2. The van der Waals surface area contributed by atoms with E-state index in [-0.39, 0.29) is 0 Å². The molecule has 4 nitrogen and oxygen atoms in total. The first-order valence-electron chi connectivity index (χ1n) is 5.56. The van der Waals surface area contributed by atoms with Gasteiger partial charge in [0.05, 0.1) is 0 Å². The van der Waals surface area contributed by atoms with Gasteiger partial charge in [0.15, 0.2) is 0 Å². The molecule has 2 aromatic rings. The largest absolute Gasteiger partial charge is 0.381 e. The van der Waals surface area contributed by atoms with E-state index in [2.05, 4.69) is 32.9 Å². The fraction of sp³-hybridized carbons (Fsp3) is 0.455. The summed E-state index contributed by atoms with van der Waals surface area (Å²) in [5.41, 5.74) is 2.99. The zero-order valence-electron chi connectivity index (χ0n) is 8.94. The van der Waals surface area contributed by atoms with Gasteiger partial charge in [-0.25, -0.2) is 0 Å². The van der Waals surface area contributed by atoms with Crippen molar-refractivity contribution in [1.82, 2.24) is 15.4 Å². The number of anilines is 1. The Kier molecular flexibility index (Phi) is 2.70. The lowest BCUT2D eigenvalue weighted by molar-refractivity contribution is 0.685. The molecule has 2 N–H and O–H groups in total. The molecule has 1 atom stereocenters. The normalized spacial score (nSPS) is 21.1. The Hall–Kier alpha value is -1.23. The van der Waals surface area contributed by atoms with E-state index in [0.29, 0.717) is 6.04 Å². The minimum Gasteiger partial charge on any atom is -0.381 e. The number of nitrogens with one attached hydrogen (secondary N) is 2. The third kappa shape index (κ3) is 2.00. The molecule has 2 heterocycles. The quantitative estimate of drug-likeness (QED) is 0.837. The summed E-state index contributed by atoms with van der Waals surface area (Å²) in [6, 6.07) is 6.72. The van der Waals surface area contributed by atoms with Crippen LogP contribution < -0.4 is 5.32 Å². The molecule has 0 radical (unpaired) electrons. The van der Waals surface area contributed by atoms with Gasteiger partial charge in [-0.3, -0.25) is 0 Å². The van der Waals surface area contributed by atoms with Crippen LogP contribution in [0.3, 0.4) is 0 Å². The van der Waals surface area contributed by atoms with Gasteiger partial charge in [-0.2, -0.15) is 27.2 Å². The highest BCUT2D eigenvalue weighted by Gasteiger charge is 2.13. The zero-order chi connectivity index (χ0) is 10.8. The van der Waals surface area contributed by atoms with Gasteiger partial charge in [0.25, 0.3) is 0 Å². The van der Waals surface area contributed by atoms with Crippen molar-refractivity contribution in [2.45, 2.75) is 18.9 Å². The Morgan fingerprint density at radius 1 is 1.31 bits per heavy atom. The second-order valence-corrected chi connectivity index (χ2v) is 5.24. The van der Waals surface area contributed by atoms with Crippen molar-refractivity contribution in [3.05, 3.63) is 18.2 Å². The Morgan fingerprint density at radius 3 is 3.12 bits per heavy atom. The number of nitrogens with zero attached hydrogens (tertiary/aromatic N) is 2. The number of thioether (sulfide) groups is 1. The second kappa shape index (κ2) is 4.33. The third-order valence-electron chi connectivity index (χ3n) is 2.85. The smallest absolute Gasteiger partial charge is 0.115 e. The monoisotopic (exact) mass is 234 g/mol. The van der Waals surface area contributed by atoms with Gasteiger partial charge >= 0.3 is 0 Å². The van der Waals surface area contributed by atoms with E-state index in [1.807, 2.05) is 17.8 Å². The van der Waals surface area contributed by atoms with Gasteiger partial charge in [-0.1, -0.05) is 0 Å². The first-order valence-corrected chi connectivity index (χ1v) is 6.72. The lowest BCUT2D eigenvalue weighted by Gasteiger charge is -2.23. The number of H-pyrrole nitrogens is 1. The van der Waals surface area contributed by atoms with Gasteiger partial charge < -0.3 is 5.32 Å². The van der Waals surface area contributed by atoms with Crippen molar-refractivity contribution >= 4 is 28.5 Å². The van der Waals surface area contributed by atoms with Gasteiger partial charge in [0.2, 0.25) is 0 Å². The number of aromatic amines is 1. The maximum atomic E-state index is 4.09. The van der Waals surface area contributed by atoms with Crippen LogP contribution in [-0.4, -0.2) is 33.0 Å². The number of hydrogen-bond acceptors (Lipinski definition) is 4. The van der Waals surface area contributed by atoms with Crippen molar-refractivity contribution in [2.75, 3.05) is 16.8 Å². The summed E-state index contributed by atoms with van der Waals surface area (Å²) in [5.74, 6) is 2.51. The lowest BCUT2D eigenvalue weighted by atomic mass is 10.1. The van der Waals surface area contributed by atoms with Gasteiger partial charge in [-0.05, 0) is 36.8 Å². The van der Waals surface area contributed by atoms with Crippen LogP contribution in [0.15, 0.2) is 18.2 Å². The van der Waals surface area contributed by atoms with Crippen LogP contribution in [0.1, 0.15) is 12.8 Å². The molecule has 1 aromatic heterocycles. The van der Waals surface area contributed by atoms with E-state index in [0.717, 1.165) is 16.7 Å². The molecular formula is C11H14N4S. The van der Waals surface area contributed by atoms with Crippen molar-refractivity contribution in [2.24, 2.45) is 0 Å². The molecule has 1 aliphatic heterocycles. The maximum Gasteiger partial charge on any atom is 0.115 e. The second-order valence-electron chi connectivity index (χ2n) is 4.09. The van der Waals surface area contributed by atoms with Crippen LogP contribution in [0, 0.1) is 0 Å². The van der Waals surface area contributed by atoms with Crippen molar-refractivity contribution in [3.8, 4) is 0 Å². The van der Waals surface area contributed by atoms with Crippen LogP contribution >= 0.6 is 11.8 Å². The van der Waals surface area contributed by atoms with E-state index < -0.39 is 0 Å². The molecule has 16 heavy (non-hydrogen) atoms. The van der Waals surface area contributed by atoms with E-state index in [1.54, 1.807) is 0 Å². The third-order valence-corrected chi connectivity index (χ3v) is 4.06. The summed E-state index contributed by atoms with van der Waals surface area (Å²) in [6.45, 7) is 0. The fourth-order valence-electron chi connectivity index (χ4n) is 2.02. The summed E-state index contributed by atoms with van der Waals surface area (Å²) >= 11 is 2.03. The molecule has 0 bridgehead atoms. The maximum absolute atomic E-state index is 4.09. The van der Waals surface area contributed by atoms with Crippen LogP contribution in [-0.2, 0) is 0 Å². The number of fused-ring (bicyclic) bond motifs is 1. The molecule has 3 rings (SSSR count). The Labute approximate surface area is 98.2 Å². The summed E-state index contributed by atoms with van der Waals surface area (Å²) in [4.78, 5) is 0. The molecule has 84 valence electrons.